The molecule has 1 aliphatic heterocycles. The van der Waals surface area contributed by atoms with Crippen LogP contribution in [-0.4, -0.2) is 53.6 Å². The Morgan fingerprint density at radius 1 is 1.35 bits per heavy atom. The second-order valence-electron chi connectivity index (χ2n) is 5.76. The number of carbonyl (C=O) groups excluding carboxylic acids is 2. The number of carbonyl (C=O) groups is 2. The summed E-state index contributed by atoms with van der Waals surface area (Å²) in [7, 11) is 0. The van der Waals surface area contributed by atoms with Gasteiger partial charge in [0.25, 0.3) is 0 Å². The summed E-state index contributed by atoms with van der Waals surface area (Å²) >= 11 is 0. The largest absolute Gasteiger partial charge is 0.394 e. The van der Waals surface area contributed by atoms with E-state index in [1.165, 1.54) is 0 Å². The third-order valence-electron chi connectivity index (χ3n) is 3.84. The van der Waals surface area contributed by atoms with Crippen LogP contribution < -0.4 is 11.1 Å². The average molecular weight is 285 g/mol. The summed E-state index contributed by atoms with van der Waals surface area (Å²) in [4.78, 5) is 25.6. The molecule has 4 N–H and O–H groups in total. The summed E-state index contributed by atoms with van der Waals surface area (Å²) < 4.78 is 0. The van der Waals surface area contributed by atoms with Crippen LogP contribution in [0.2, 0.25) is 0 Å². The van der Waals surface area contributed by atoms with Crippen molar-refractivity contribution in [2.75, 3.05) is 19.7 Å². The maximum absolute atomic E-state index is 12.2. The Kier molecular flexibility index (Phi) is 6.95. The van der Waals surface area contributed by atoms with Gasteiger partial charge in [-0.3, -0.25) is 9.59 Å². The van der Waals surface area contributed by atoms with Gasteiger partial charge in [-0.25, -0.2) is 0 Å². The van der Waals surface area contributed by atoms with Crippen LogP contribution in [0.3, 0.4) is 0 Å². The molecular formula is C14H27N3O3. The van der Waals surface area contributed by atoms with Crippen LogP contribution in [0.15, 0.2) is 0 Å². The fraction of sp³-hybridized carbons (Fsp3) is 0.857. The van der Waals surface area contributed by atoms with Gasteiger partial charge in [-0.1, -0.05) is 26.7 Å². The molecule has 1 saturated heterocycles. The van der Waals surface area contributed by atoms with Gasteiger partial charge < -0.3 is 21.1 Å². The zero-order valence-electron chi connectivity index (χ0n) is 12.5. The molecule has 0 bridgehead atoms. The number of hydrogen-bond donors (Lipinski definition) is 3. The highest BCUT2D eigenvalue weighted by atomic mass is 16.3. The molecule has 1 unspecified atom stereocenters. The number of nitrogens with zero attached hydrogens (tertiary/aromatic N) is 1. The van der Waals surface area contributed by atoms with Gasteiger partial charge in [0.15, 0.2) is 0 Å². The minimum absolute atomic E-state index is 0.0226. The molecule has 0 aliphatic carbocycles. The van der Waals surface area contributed by atoms with E-state index >= 15 is 0 Å². The van der Waals surface area contributed by atoms with Crippen molar-refractivity contribution in [3.8, 4) is 0 Å². The standard InChI is InChI=1S/C14H27N3O3/c1-10(2)13(15)14(20)16-8-12(19)17-7-5-3-4-6-11(17)9-18/h10-11,13,18H,3-9,15H2,1-2H3,(H,16,20)/t11?,13-/m0/s1. The second kappa shape index (κ2) is 8.21. The van der Waals surface area contributed by atoms with Crippen molar-refractivity contribution in [2.45, 2.75) is 51.6 Å². The van der Waals surface area contributed by atoms with Gasteiger partial charge in [-0.15, -0.1) is 0 Å². The van der Waals surface area contributed by atoms with Crippen LogP contribution in [0.25, 0.3) is 0 Å². The number of hydrogen-bond acceptors (Lipinski definition) is 4. The first kappa shape index (κ1) is 16.9. The molecule has 6 nitrogen and oxygen atoms in total. The molecule has 0 aromatic carbocycles. The summed E-state index contributed by atoms with van der Waals surface area (Å²) in [6, 6.07) is -0.721. The van der Waals surface area contributed by atoms with E-state index in [0.717, 1.165) is 25.7 Å². The molecule has 6 heteroatoms. The Balaban J connectivity index is 2.50. The predicted molar refractivity (Wildman–Crippen MR) is 76.9 cm³/mol. The summed E-state index contributed by atoms with van der Waals surface area (Å²) in [5.41, 5.74) is 5.73. The van der Waals surface area contributed by atoms with Gasteiger partial charge in [0.05, 0.1) is 25.2 Å². The third kappa shape index (κ3) is 4.76. The molecule has 2 atom stereocenters. The summed E-state index contributed by atoms with van der Waals surface area (Å²) in [5.74, 6) is -0.410. The summed E-state index contributed by atoms with van der Waals surface area (Å²) in [5, 5.41) is 12.0. The van der Waals surface area contributed by atoms with Crippen LogP contribution in [0.4, 0.5) is 0 Å². The highest BCUT2D eigenvalue weighted by Crippen LogP contribution is 2.16. The summed E-state index contributed by atoms with van der Waals surface area (Å²) in [6.45, 7) is 4.31. The zero-order valence-corrected chi connectivity index (χ0v) is 12.5. The molecule has 1 heterocycles. The minimum Gasteiger partial charge on any atom is -0.394 e. The average Bonchev–Trinajstić information content (AvgIpc) is 2.68. The van der Waals surface area contributed by atoms with E-state index in [2.05, 4.69) is 5.32 Å². The van der Waals surface area contributed by atoms with Crippen molar-refractivity contribution in [3.05, 3.63) is 0 Å². The Labute approximate surface area is 120 Å². The number of likely N-dealkylation sites (tertiary alicyclic amines) is 1. The first-order valence-electron chi connectivity index (χ1n) is 7.41. The summed E-state index contributed by atoms with van der Waals surface area (Å²) in [6.07, 6.45) is 3.87. The van der Waals surface area contributed by atoms with Gasteiger partial charge in [0, 0.05) is 6.54 Å². The van der Waals surface area contributed by atoms with Crippen LogP contribution in [0.1, 0.15) is 39.5 Å². The normalized spacial score (nSPS) is 21.4. The van der Waals surface area contributed by atoms with Crippen molar-refractivity contribution in [1.82, 2.24) is 10.2 Å². The Hall–Kier alpha value is -1.14. The molecule has 20 heavy (non-hydrogen) atoms. The Morgan fingerprint density at radius 2 is 2.05 bits per heavy atom. The van der Waals surface area contributed by atoms with E-state index in [1.54, 1.807) is 4.90 Å². The van der Waals surface area contributed by atoms with E-state index in [0.29, 0.717) is 6.54 Å². The number of aliphatic hydroxyl groups excluding tert-OH is 1. The first-order chi connectivity index (χ1) is 9.47. The van der Waals surface area contributed by atoms with Gasteiger partial charge in [0.1, 0.15) is 0 Å². The lowest BCUT2D eigenvalue weighted by Gasteiger charge is -2.29. The lowest BCUT2D eigenvalue weighted by molar-refractivity contribution is -0.135. The minimum atomic E-state index is -0.597. The highest BCUT2D eigenvalue weighted by Gasteiger charge is 2.25. The number of nitrogens with two attached hydrogens (primary N) is 1. The molecule has 2 amide bonds. The van der Waals surface area contributed by atoms with Crippen LogP contribution in [-0.2, 0) is 9.59 Å². The number of rotatable bonds is 5. The molecule has 0 aromatic heterocycles. The van der Waals surface area contributed by atoms with E-state index in [1.807, 2.05) is 13.8 Å². The maximum Gasteiger partial charge on any atom is 0.242 e. The molecule has 116 valence electrons. The van der Waals surface area contributed by atoms with Gasteiger partial charge >= 0.3 is 0 Å². The van der Waals surface area contributed by atoms with Crippen molar-refractivity contribution in [2.24, 2.45) is 11.7 Å². The van der Waals surface area contributed by atoms with E-state index in [-0.39, 0.29) is 36.9 Å². The Bertz CT molecular complexity index is 334. The van der Waals surface area contributed by atoms with Crippen LogP contribution >= 0.6 is 0 Å². The highest BCUT2D eigenvalue weighted by molar-refractivity contribution is 5.87. The molecular weight excluding hydrogens is 258 g/mol. The van der Waals surface area contributed by atoms with Crippen molar-refractivity contribution in [3.63, 3.8) is 0 Å². The van der Waals surface area contributed by atoms with Crippen molar-refractivity contribution < 1.29 is 14.7 Å². The molecule has 0 aromatic rings. The molecule has 0 saturated carbocycles. The molecule has 0 radical (unpaired) electrons. The van der Waals surface area contributed by atoms with E-state index in [4.69, 9.17) is 5.73 Å². The SMILES string of the molecule is CC(C)[C@H](N)C(=O)NCC(=O)N1CCCCCC1CO. The predicted octanol–water partition coefficient (Wildman–Crippen LogP) is -0.151. The van der Waals surface area contributed by atoms with Gasteiger partial charge in [0.2, 0.25) is 11.8 Å². The number of amides is 2. The van der Waals surface area contributed by atoms with Crippen LogP contribution in [0.5, 0.6) is 0 Å². The fourth-order valence-electron chi connectivity index (χ4n) is 2.38. The Morgan fingerprint density at radius 3 is 2.65 bits per heavy atom. The second-order valence-corrected chi connectivity index (χ2v) is 5.76. The molecule has 1 fully saturated rings. The smallest absolute Gasteiger partial charge is 0.242 e. The zero-order chi connectivity index (χ0) is 15.1. The quantitative estimate of drug-likeness (QED) is 0.654. The fourth-order valence-corrected chi connectivity index (χ4v) is 2.38. The molecule has 1 aliphatic rings. The molecule has 1 rings (SSSR count). The maximum atomic E-state index is 12.2. The number of aliphatic hydroxyl groups is 1. The van der Waals surface area contributed by atoms with Gasteiger partial charge in [-0.2, -0.15) is 0 Å². The van der Waals surface area contributed by atoms with Crippen molar-refractivity contribution in [1.29, 1.82) is 0 Å². The van der Waals surface area contributed by atoms with Crippen molar-refractivity contribution >= 4 is 11.8 Å². The molecule has 0 spiro atoms. The van der Waals surface area contributed by atoms with Gasteiger partial charge in [-0.05, 0) is 18.8 Å². The monoisotopic (exact) mass is 285 g/mol. The van der Waals surface area contributed by atoms with E-state index in [9.17, 15) is 14.7 Å². The topological polar surface area (TPSA) is 95.7 Å². The third-order valence-corrected chi connectivity index (χ3v) is 3.84. The lowest BCUT2D eigenvalue weighted by atomic mass is 10.1. The number of nitrogens with one attached hydrogen (secondary N) is 1. The first-order valence-corrected chi connectivity index (χ1v) is 7.41. The van der Waals surface area contributed by atoms with Crippen LogP contribution in [0, 0.1) is 5.92 Å². The van der Waals surface area contributed by atoms with E-state index < -0.39 is 6.04 Å². The lowest BCUT2D eigenvalue weighted by Crippen LogP contribution is -2.50.